The van der Waals surface area contributed by atoms with E-state index < -0.39 is 5.97 Å². The van der Waals surface area contributed by atoms with E-state index in [4.69, 9.17) is 9.47 Å². The van der Waals surface area contributed by atoms with Crippen molar-refractivity contribution < 1.29 is 19.1 Å². The Kier molecular flexibility index (Phi) is 8.12. The van der Waals surface area contributed by atoms with Crippen LogP contribution in [0, 0.1) is 34.0 Å². The molecule has 0 spiro atoms. The number of unbranched alkanes of at least 4 members (excludes halogenated alkanes) is 1. The van der Waals surface area contributed by atoms with Crippen molar-refractivity contribution in [1.82, 2.24) is 0 Å². The Morgan fingerprint density at radius 3 is 2.52 bits per heavy atom. The lowest BCUT2D eigenvalue weighted by atomic mass is 9.46. The number of benzene rings is 1. The SMILES string of the molecule is CC(C)=CCCCC1CCC2C3=C(CCC12C)C1(C)CCC(OC(=O)c2ccccc2OC=O)C(C)(C)C1CC3. The number of rotatable bonds is 8. The van der Waals surface area contributed by atoms with E-state index >= 15 is 0 Å². The van der Waals surface area contributed by atoms with Crippen LogP contribution in [0.4, 0.5) is 0 Å². The lowest BCUT2D eigenvalue weighted by Gasteiger charge is -2.60. The molecule has 4 heteroatoms. The average molecular weight is 547 g/mol. The number of esters is 1. The smallest absolute Gasteiger partial charge is 0.342 e. The Labute approximate surface area is 242 Å². The number of fused-ring (bicyclic) bond motifs is 4. The normalized spacial score (nSPS) is 34.2. The van der Waals surface area contributed by atoms with E-state index in [1.807, 2.05) is 5.57 Å². The minimum absolute atomic E-state index is 0.133. The fourth-order valence-corrected chi connectivity index (χ4v) is 9.80. The number of carbonyl (C=O) groups is 2. The standard InChI is InChI=1S/C36H50O4/c1-24(2)11-7-8-12-25-15-17-28-26-16-18-31-34(3,4)32(20-22-36(31,6)29(26)19-21-35(25,28)5)40-33(38)27-13-9-10-14-30(27)39-23-37/h9-11,13-14,23,25,28,31-32H,7-8,12,15-22H2,1-6H3. The Hall–Kier alpha value is -2.36. The largest absolute Gasteiger partial charge is 0.458 e. The molecule has 1 aromatic carbocycles. The third kappa shape index (κ3) is 4.98. The van der Waals surface area contributed by atoms with E-state index in [2.05, 4.69) is 47.6 Å². The highest BCUT2D eigenvalue weighted by molar-refractivity contribution is 5.93. The van der Waals surface area contributed by atoms with Gasteiger partial charge in [0.15, 0.2) is 0 Å². The summed E-state index contributed by atoms with van der Waals surface area (Å²) < 4.78 is 11.3. The first-order chi connectivity index (χ1) is 19.0. The first kappa shape index (κ1) is 29.1. The van der Waals surface area contributed by atoms with Gasteiger partial charge in [-0.1, -0.05) is 62.6 Å². The summed E-state index contributed by atoms with van der Waals surface area (Å²) >= 11 is 0. The zero-order valence-corrected chi connectivity index (χ0v) is 25.7. The molecule has 40 heavy (non-hydrogen) atoms. The first-order valence-electron chi connectivity index (χ1n) is 15.8. The van der Waals surface area contributed by atoms with Crippen LogP contribution >= 0.6 is 0 Å². The van der Waals surface area contributed by atoms with E-state index in [0.29, 0.717) is 23.4 Å². The summed E-state index contributed by atoms with van der Waals surface area (Å²) in [6, 6.07) is 6.84. The van der Waals surface area contributed by atoms with Crippen molar-refractivity contribution in [1.29, 1.82) is 0 Å². The summed E-state index contributed by atoms with van der Waals surface area (Å²) in [7, 11) is 0. The van der Waals surface area contributed by atoms with Crippen LogP contribution in [0.3, 0.4) is 0 Å². The van der Waals surface area contributed by atoms with Gasteiger partial charge in [-0.05, 0) is 125 Å². The predicted octanol–water partition coefficient (Wildman–Crippen LogP) is 9.24. The minimum atomic E-state index is -0.398. The van der Waals surface area contributed by atoms with Crippen LogP contribution in [0.5, 0.6) is 5.75 Å². The Morgan fingerprint density at radius 2 is 1.77 bits per heavy atom. The second-order valence-electron chi connectivity index (χ2n) is 14.5. The van der Waals surface area contributed by atoms with Crippen LogP contribution < -0.4 is 4.74 Å². The highest BCUT2D eigenvalue weighted by Crippen LogP contribution is 2.67. The molecule has 4 aliphatic carbocycles. The van der Waals surface area contributed by atoms with Crippen molar-refractivity contribution >= 4 is 12.4 Å². The topological polar surface area (TPSA) is 52.6 Å². The number of hydrogen-bond acceptors (Lipinski definition) is 4. The van der Waals surface area contributed by atoms with Gasteiger partial charge in [-0.15, -0.1) is 0 Å². The Bertz CT molecular complexity index is 1190. The summed E-state index contributed by atoms with van der Waals surface area (Å²) in [5.74, 6) is 1.96. The second-order valence-corrected chi connectivity index (χ2v) is 14.5. The molecule has 6 unspecified atom stereocenters. The lowest BCUT2D eigenvalue weighted by Crippen LogP contribution is -2.54. The molecular formula is C36H50O4. The number of carbonyl (C=O) groups excluding carboxylic acids is 2. The minimum Gasteiger partial charge on any atom is -0.458 e. The summed E-state index contributed by atoms with van der Waals surface area (Å²) in [5, 5.41) is 0. The van der Waals surface area contributed by atoms with Gasteiger partial charge in [-0.2, -0.15) is 0 Å². The molecule has 0 radical (unpaired) electrons. The van der Waals surface area contributed by atoms with E-state index in [1.165, 1.54) is 63.4 Å². The molecular weight excluding hydrogens is 496 g/mol. The summed E-state index contributed by atoms with van der Waals surface area (Å²) in [4.78, 5) is 24.2. The van der Waals surface area contributed by atoms with Crippen molar-refractivity contribution in [3.8, 4) is 5.75 Å². The zero-order valence-electron chi connectivity index (χ0n) is 25.7. The molecule has 2 saturated carbocycles. The van der Waals surface area contributed by atoms with Crippen LogP contribution in [-0.2, 0) is 9.53 Å². The van der Waals surface area contributed by atoms with E-state index in [0.717, 1.165) is 24.7 Å². The van der Waals surface area contributed by atoms with E-state index in [9.17, 15) is 9.59 Å². The van der Waals surface area contributed by atoms with E-state index in [-0.39, 0.29) is 22.7 Å². The van der Waals surface area contributed by atoms with Crippen molar-refractivity contribution in [2.45, 2.75) is 118 Å². The maximum absolute atomic E-state index is 13.3. The van der Waals surface area contributed by atoms with Gasteiger partial charge in [-0.25, -0.2) is 4.79 Å². The monoisotopic (exact) mass is 546 g/mol. The molecule has 0 bridgehead atoms. The van der Waals surface area contributed by atoms with Crippen LogP contribution in [0.2, 0.25) is 0 Å². The van der Waals surface area contributed by atoms with Crippen molar-refractivity contribution in [2.24, 2.45) is 34.0 Å². The Balaban J connectivity index is 1.33. The van der Waals surface area contributed by atoms with Gasteiger partial charge < -0.3 is 9.47 Å². The molecule has 218 valence electrons. The summed E-state index contributed by atoms with van der Waals surface area (Å²) in [5.41, 5.74) is 5.87. The first-order valence-corrected chi connectivity index (χ1v) is 15.8. The molecule has 1 aromatic rings. The van der Waals surface area contributed by atoms with Gasteiger partial charge >= 0.3 is 5.97 Å². The summed E-state index contributed by atoms with van der Waals surface area (Å²) in [6.07, 6.45) is 15.8. The van der Waals surface area contributed by atoms with Gasteiger partial charge in [0.2, 0.25) is 0 Å². The maximum Gasteiger partial charge on any atom is 0.342 e. The molecule has 2 fully saturated rings. The maximum atomic E-state index is 13.3. The zero-order chi connectivity index (χ0) is 28.7. The van der Waals surface area contributed by atoms with Gasteiger partial charge in [0, 0.05) is 5.41 Å². The van der Waals surface area contributed by atoms with Crippen LogP contribution in [0.1, 0.15) is 123 Å². The molecule has 4 nitrogen and oxygen atoms in total. The molecule has 6 atom stereocenters. The predicted molar refractivity (Wildman–Crippen MR) is 160 cm³/mol. The molecule has 0 amide bonds. The van der Waals surface area contributed by atoms with Crippen LogP contribution in [-0.4, -0.2) is 18.5 Å². The number of ether oxygens (including phenoxy) is 2. The number of allylic oxidation sites excluding steroid dienone is 4. The molecule has 0 aromatic heterocycles. The van der Waals surface area contributed by atoms with Gasteiger partial charge in [0.05, 0.1) is 0 Å². The quantitative estimate of drug-likeness (QED) is 0.141. The van der Waals surface area contributed by atoms with Crippen molar-refractivity contribution in [3.63, 3.8) is 0 Å². The van der Waals surface area contributed by atoms with Gasteiger partial charge in [0.1, 0.15) is 17.4 Å². The van der Waals surface area contributed by atoms with Crippen LogP contribution in [0.15, 0.2) is 47.1 Å². The lowest BCUT2D eigenvalue weighted by molar-refractivity contribution is -0.120. The molecule has 0 aliphatic heterocycles. The molecule has 0 N–H and O–H groups in total. The molecule has 4 aliphatic rings. The van der Waals surface area contributed by atoms with Crippen molar-refractivity contribution in [3.05, 3.63) is 52.6 Å². The molecule has 5 rings (SSSR count). The number of para-hydroxylation sites is 1. The highest BCUT2D eigenvalue weighted by atomic mass is 16.6. The van der Waals surface area contributed by atoms with Gasteiger partial charge in [-0.3, -0.25) is 4.79 Å². The average Bonchev–Trinajstić information content (AvgIpc) is 3.25. The van der Waals surface area contributed by atoms with Crippen molar-refractivity contribution in [2.75, 3.05) is 0 Å². The third-order valence-electron chi connectivity index (χ3n) is 11.9. The Morgan fingerprint density at radius 1 is 1.00 bits per heavy atom. The van der Waals surface area contributed by atoms with Gasteiger partial charge in [0.25, 0.3) is 6.47 Å². The fraction of sp³-hybridized carbons (Fsp3) is 0.667. The number of hydrogen-bond donors (Lipinski definition) is 0. The molecule has 0 saturated heterocycles. The van der Waals surface area contributed by atoms with Crippen LogP contribution in [0.25, 0.3) is 0 Å². The fourth-order valence-electron chi connectivity index (χ4n) is 9.80. The summed E-state index contributed by atoms with van der Waals surface area (Å²) in [6.45, 7) is 14.6. The van der Waals surface area contributed by atoms with E-state index in [1.54, 1.807) is 29.8 Å². The molecule has 0 heterocycles. The highest BCUT2D eigenvalue weighted by Gasteiger charge is 2.59. The second kappa shape index (κ2) is 11.1. The third-order valence-corrected chi connectivity index (χ3v) is 11.9.